The van der Waals surface area contributed by atoms with Gasteiger partial charge in [0.15, 0.2) is 5.78 Å². The molecular weight excluding hydrogens is 188 g/mol. The summed E-state index contributed by atoms with van der Waals surface area (Å²) < 4.78 is 5.96. The van der Waals surface area contributed by atoms with Crippen molar-refractivity contribution >= 4 is 5.78 Å². The zero-order chi connectivity index (χ0) is 10.3. The Bertz CT molecular complexity index is 363. The highest BCUT2D eigenvalue weighted by molar-refractivity contribution is 5.99. The molecule has 1 atom stereocenters. The lowest BCUT2D eigenvalue weighted by Crippen LogP contribution is -2.27. The molecule has 0 saturated heterocycles. The number of ketones is 1. The average Bonchev–Trinajstić information content (AvgIpc) is 2.27. The van der Waals surface area contributed by atoms with Gasteiger partial charge in [0.05, 0.1) is 5.57 Å². The molecule has 0 aromatic carbocycles. The van der Waals surface area contributed by atoms with Gasteiger partial charge in [0, 0.05) is 12.8 Å². The number of Topliss-reactive ketones (excluding diaryl/α,β-unsaturated/α-hetero) is 1. The second-order valence-corrected chi connectivity index (χ2v) is 4.69. The molecule has 1 aliphatic heterocycles. The van der Waals surface area contributed by atoms with Crippen LogP contribution in [0.3, 0.4) is 0 Å². The molecule has 0 bridgehead atoms. The summed E-state index contributed by atoms with van der Waals surface area (Å²) in [4.78, 5) is 11.7. The van der Waals surface area contributed by atoms with Crippen molar-refractivity contribution in [1.29, 1.82) is 0 Å². The van der Waals surface area contributed by atoms with E-state index >= 15 is 0 Å². The number of rotatable bonds is 0. The van der Waals surface area contributed by atoms with Crippen LogP contribution in [0, 0.1) is 0 Å². The smallest absolute Gasteiger partial charge is 0.166 e. The van der Waals surface area contributed by atoms with Crippen LogP contribution >= 0.6 is 0 Å². The Balaban J connectivity index is 1.95. The molecule has 0 N–H and O–H groups in total. The van der Waals surface area contributed by atoms with Gasteiger partial charge in [-0.15, -0.1) is 0 Å². The van der Waals surface area contributed by atoms with Crippen LogP contribution in [-0.2, 0) is 9.53 Å². The van der Waals surface area contributed by atoms with Gasteiger partial charge in [-0.3, -0.25) is 4.79 Å². The summed E-state index contributed by atoms with van der Waals surface area (Å²) in [5, 5.41) is 0. The second kappa shape index (κ2) is 3.51. The normalized spacial score (nSPS) is 30.3. The molecule has 0 amide bonds. The van der Waals surface area contributed by atoms with Gasteiger partial charge >= 0.3 is 0 Å². The lowest BCUT2D eigenvalue weighted by atomic mass is 9.85. The number of carbonyl (C=O) groups is 1. The van der Waals surface area contributed by atoms with Crippen molar-refractivity contribution in [2.45, 2.75) is 51.0 Å². The standard InChI is InChI=1S/C13H16O2/c14-11-5-3-7-13-10(11)8-9-4-1-2-6-12(9)15-13/h8,12H,1-7H2/t12-/m0/s1. The molecule has 0 spiro atoms. The predicted molar refractivity (Wildman–Crippen MR) is 57.3 cm³/mol. The van der Waals surface area contributed by atoms with Crippen LogP contribution in [0.5, 0.6) is 0 Å². The molecule has 1 saturated carbocycles. The molecule has 2 aliphatic carbocycles. The van der Waals surface area contributed by atoms with Gasteiger partial charge in [-0.2, -0.15) is 0 Å². The van der Waals surface area contributed by atoms with Crippen LogP contribution in [0.4, 0.5) is 0 Å². The van der Waals surface area contributed by atoms with Crippen molar-refractivity contribution in [3.63, 3.8) is 0 Å². The van der Waals surface area contributed by atoms with E-state index in [0.29, 0.717) is 12.5 Å². The quantitative estimate of drug-likeness (QED) is 0.606. The second-order valence-electron chi connectivity index (χ2n) is 4.69. The molecule has 3 rings (SSSR count). The summed E-state index contributed by atoms with van der Waals surface area (Å²) in [6, 6.07) is 0. The van der Waals surface area contributed by atoms with Crippen molar-refractivity contribution in [2.75, 3.05) is 0 Å². The molecule has 2 nitrogen and oxygen atoms in total. The maximum Gasteiger partial charge on any atom is 0.166 e. The Labute approximate surface area is 90.0 Å². The number of fused-ring (bicyclic) bond motifs is 1. The minimum atomic E-state index is 0.285. The van der Waals surface area contributed by atoms with Gasteiger partial charge in [-0.25, -0.2) is 0 Å². The molecule has 3 aliphatic rings. The van der Waals surface area contributed by atoms with E-state index in [0.717, 1.165) is 37.0 Å². The molecule has 80 valence electrons. The van der Waals surface area contributed by atoms with Crippen molar-refractivity contribution < 1.29 is 9.53 Å². The lowest BCUT2D eigenvalue weighted by molar-refractivity contribution is -0.116. The van der Waals surface area contributed by atoms with Gasteiger partial charge in [0.2, 0.25) is 0 Å². The van der Waals surface area contributed by atoms with E-state index in [4.69, 9.17) is 4.74 Å². The number of hydrogen-bond donors (Lipinski definition) is 0. The summed E-state index contributed by atoms with van der Waals surface area (Å²) in [7, 11) is 0. The topological polar surface area (TPSA) is 26.3 Å². The first kappa shape index (κ1) is 9.20. The number of ether oxygens (including phenoxy) is 1. The summed E-state index contributed by atoms with van der Waals surface area (Å²) in [5.41, 5.74) is 2.24. The molecule has 0 aromatic rings. The maximum absolute atomic E-state index is 11.7. The third-order valence-electron chi connectivity index (χ3n) is 3.62. The molecular formula is C13H16O2. The summed E-state index contributed by atoms with van der Waals surface area (Å²) in [6.07, 6.45) is 9.82. The Morgan fingerprint density at radius 2 is 2.07 bits per heavy atom. The van der Waals surface area contributed by atoms with Crippen LogP contribution in [0.15, 0.2) is 23.0 Å². The lowest BCUT2D eigenvalue weighted by Gasteiger charge is -2.33. The van der Waals surface area contributed by atoms with E-state index in [9.17, 15) is 4.79 Å². The highest BCUT2D eigenvalue weighted by Crippen LogP contribution is 2.37. The monoisotopic (exact) mass is 204 g/mol. The zero-order valence-corrected chi connectivity index (χ0v) is 8.92. The third kappa shape index (κ3) is 1.52. The minimum absolute atomic E-state index is 0.285. The molecule has 0 radical (unpaired) electrons. The molecule has 1 heterocycles. The average molecular weight is 204 g/mol. The fraction of sp³-hybridized carbons (Fsp3) is 0.615. The van der Waals surface area contributed by atoms with Gasteiger partial charge < -0.3 is 4.74 Å². The highest BCUT2D eigenvalue weighted by atomic mass is 16.5. The fourth-order valence-corrected chi connectivity index (χ4v) is 2.78. The summed E-state index contributed by atoms with van der Waals surface area (Å²) in [5.74, 6) is 1.26. The first-order valence-corrected chi connectivity index (χ1v) is 5.98. The van der Waals surface area contributed by atoms with Crippen molar-refractivity contribution in [1.82, 2.24) is 0 Å². The van der Waals surface area contributed by atoms with Crippen molar-refractivity contribution in [3.05, 3.63) is 23.0 Å². The van der Waals surface area contributed by atoms with Crippen LogP contribution in [0.2, 0.25) is 0 Å². The van der Waals surface area contributed by atoms with Gasteiger partial charge in [0.1, 0.15) is 11.9 Å². The van der Waals surface area contributed by atoms with E-state index < -0.39 is 0 Å². The number of allylic oxidation sites excluding steroid dienone is 3. The minimum Gasteiger partial charge on any atom is -0.490 e. The van der Waals surface area contributed by atoms with Crippen molar-refractivity contribution in [2.24, 2.45) is 0 Å². The Morgan fingerprint density at radius 3 is 3.00 bits per heavy atom. The highest BCUT2D eigenvalue weighted by Gasteiger charge is 2.30. The first-order chi connectivity index (χ1) is 7.34. The van der Waals surface area contributed by atoms with Crippen LogP contribution in [-0.4, -0.2) is 11.9 Å². The third-order valence-corrected chi connectivity index (χ3v) is 3.62. The Morgan fingerprint density at radius 1 is 1.13 bits per heavy atom. The fourth-order valence-electron chi connectivity index (χ4n) is 2.78. The molecule has 15 heavy (non-hydrogen) atoms. The first-order valence-electron chi connectivity index (χ1n) is 5.98. The summed E-state index contributed by atoms with van der Waals surface area (Å²) >= 11 is 0. The van der Waals surface area contributed by atoms with Gasteiger partial charge in [-0.1, -0.05) is 0 Å². The van der Waals surface area contributed by atoms with E-state index in [2.05, 4.69) is 6.08 Å². The van der Waals surface area contributed by atoms with Crippen LogP contribution in [0.1, 0.15) is 44.9 Å². The maximum atomic E-state index is 11.7. The number of hydrogen-bond acceptors (Lipinski definition) is 2. The van der Waals surface area contributed by atoms with E-state index in [1.807, 2.05) is 0 Å². The molecule has 0 aromatic heterocycles. The Kier molecular flexibility index (Phi) is 2.15. The molecule has 0 unspecified atom stereocenters. The van der Waals surface area contributed by atoms with Gasteiger partial charge in [-0.05, 0) is 43.8 Å². The predicted octanol–water partition coefficient (Wildman–Crippen LogP) is 2.89. The summed E-state index contributed by atoms with van der Waals surface area (Å²) in [6.45, 7) is 0. The molecule has 1 fully saturated rings. The van der Waals surface area contributed by atoms with E-state index in [1.165, 1.54) is 18.4 Å². The number of carbonyl (C=O) groups excluding carboxylic acids is 1. The zero-order valence-electron chi connectivity index (χ0n) is 8.92. The van der Waals surface area contributed by atoms with Crippen LogP contribution in [0.25, 0.3) is 0 Å². The largest absolute Gasteiger partial charge is 0.490 e. The Hall–Kier alpha value is -1.05. The van der Waals surface area contributed by atoms with E-state index in [-0.39, 0.29) is 5.78 Å². The van der Waals surface area contributed by atoms with Gasteiger partial charge in [0.25, 0.3) is 0 Å². The van der Waals surface area contributed by atoms with E-state index in [1.54, 1.807) is 0 Å². The molecule has 2 heteroatoms. The van der Waals surface area contributed by atoms with Crippen LogP contribution < -0.4 is 0 Å². The SMILES string of the molecule is O=C1CCCC2=C1C=C1CCCC[C@@H]1O2. The van der Waals surface area contributed by atoms with Crippen molar-refractivity contribution in [3.8, 4) is 0 Å².